The van der Waals surface area contributed by atoms with E-state index in [0.29, 0.717) is 19.7 Å². The van der Waals surface area contributed by atoms with Gasteiger partial charge in [0.2, 0.25) is 5.91 Å². The molecule has 1 unspecified atom stereocenters. The SMILES string of the molecule is COCC(C)NCC(=O)NCCc1ccccc1. The molecule has 0 fully saturated rings. The molecule has 0 aliphatic heterocycles. The van der Waals surface area contributed by atoms with E-state index in [1.165, 1.54) is 5.56 Å². The van der Waals surface area contributed by atoms with E-state index >= 15 is 0 Å². The van der Waals surface area contributed by atoms with Crippen LogP contribution in [0.5, 0.6) is 0 Å². The first-order valence-electron chi connectivity index (χ1n) is 6.25. The molecule has 1 rings (SSSR count). The van der Waals surface area contributed by atoms with Gasteiger partial charge in [0, 0.05) is 19.7 Å². The average molecular weight is 250 g/mol. The Hall–Kier alpha value is -1.39. The third-order valence-electron chi connectivity index (χ3n) is 2.61. The van der Waals surface area contributed by atoms with Crippen molar-refractivity contribution in [2.75, 3.05) is 26.8 Å². The highest BCUT2D eigenvalue weighted by molar-refractivity contribution is 5.77. The van der Waals surface area contributed by atoms with Crippen LogP contribution in [0, 0.1) is 0 Å². The van der Waals surface area contributed by atoms with Gasteiger partial charge in [-0.15, -0.1) is 0 Å². The fourth-order valence-corrected chi connectivity index (χ4v) is 1.63. The fraction of sp³-hybridized carbons (Fsp3) is 0.500. The van der Waals surface area contributed by atoms with Crippen LogP contribution in [0.4, 0.5) is 0 Å². The van der Waals surface area contributed by atoms with E-state index in [0.717, 1.165) is 6.42 Å². The maximum atomic E-state index is 11.5. The Bertz CT molecular complexity index is 341. The molecule has 100 valence electrons. The summed E-state index contributed by atoms with van der Waals surface area (Å²) in [6, 6.07) is 10.3. The van der Waals surface area contributed by atoms with Crippen molar-refractivity contribution in [1.82, 2.24) is 10.6 Å². The molecule has 18 heavy (non-hydrogen) atoms. The zero-order chi connectivity index (χ0) is 13.2. The Labute approximate surface area is 109 Å². The summed E-state index contributed by atoms with van der Waals surface area (Å²) in [7, 11) is 1.65. The molecule has 0 spiro atoms. The molecule has 2 N–H and O–H groups in total. The van der Waals surface area contributed by atoms with E-state index in [2.05, 4.69) is 22.8 Å². The molecule has 1 atom stereocenters. The molecule has 1 amide bonds. The maximum Gasteiger partial charge on any atom is 0.233 e. The smallest absolute Gasteiger partial charge is 0.233 e. The predicted molar refractivity (Wildman–Crippen MR) is 72.5 cm³/mol. The Morgan fingerprint density at radius 1 is 1.33 bits per heavy atom. The molecule has 1 aromatic carbocycles. The maximum absolute atomic E-state index is 11.5. The molecular formula is C14H22N2O2. The van der Waals surface area contributed by atoms with Crippen LogP contribution in [0.2, 0.25) is 0 Å². The van der Waals surface area contributed by atoms with Crippen molar-refractivity contribution in [3.8, 4) is 0 Å². The Morgan fingerprint density at radius 3 is 2.72 bits per heavy atom. The zero-order valence-corrected chi connectivity index (χ0v) is 11.1. The summed E-state index contributed by atoms with van der Waals surface area (Å²) in [6.07, 6.45) is 0.861. The lowest BCUT2D eigenvalue weighted by Gasteiger charge is -2.12. The van der Waals surface area contributed by atoms with Crippen molar-refractivity contribution in [3.05, 3.63) is 35.9 Å². The first kappa shape index (κ1) is 14.7. The lowest BCUT2D eigenvalue weighted by molar-refractivity contribution is -0.120. The molecule has 0 aliphatic rings. The minimum atomic E-state index is 0.0221. The van der Waals surface area contributed by atoms with E-state index in [-0.39, 0.29) is 11.9 Å². The lowest BCUT2D eigenvalue weighted by atomic mass is 10.1. The van der Waals surface area contributed by atoms with Crippen LogP contribution in [0.15, 0.2) is 30.3 Å². The second-order valence-corrected chi connectivity index (χ2v) is 4.32. The summed E-state index contributed by atoms with van der Waals surface area (Å²) in [4.78, 5) is 11.5. The standard InChI is InChI=1S/C14H22N2O2/c1-12(11-18-2)16-10-14(17)15-9-8-13-6-4-3-5-7-13/h3-7,12,16H,8-11H2,1-2H3,(H,15,17). The monoisotopic (exact) mass is 250 g/mol. The molecule has 0 heterocycles. The largest absolute Gasteiger partial charge is 0.383 e. The summed E-state index contributed by atoms with van der Waals surface area (Å²) < 4.78 is 4.98. The number of ether oxygens (including phenoxy) is 1. The minimum absolute atomic E-state index is 0.0221. The van der Waals surface area contributed by atoms with E-state index in [1.807, 2.05) is 25.1 Å². The second kappa shape index (κ2) is 8.66. The van der Waals surface area contributed by atoms with Crippen LogP contribution in [0.25, 0.3) is 0 Å². The van der Waals surface area contributed by atoms with Gasteiger partial charge in [-0.05, 0) is 18.9 Å². The first-order chi connectivity index (χ1) is 8.72. The molecule has 0 aliphatic carbocycles. The van der Waals surface area contributed by atoms with Gasteiger partial charge in [0.15, 0.2) is 0 Å². The number of hydrogen-bond donors (Lipinski definition) is 2. The topological polar surface area (TPSA) is 50.4 Å². The number of benzene rings is 1. The van der Waals surface area contributed by atoms with Crippen LogP contribution in [0.1, 0.15) is 12.5 Å². The van der Waals surface area contributed by atoms with Gasteiger partial charge in [0.1, 0.15) is 0 Å². The average Bonchev–Trinajstić information content (AvgIpc) is 2.38. The first-order valence-corrected chi connectivity index (χ1v) is 6.25. The van der Waals surface area contributed by atoms with Crippen molar-refractivity contribution in [2.24, 2.45) is 0 Å². The minimum Gasteiger partial charge on any atom is -0.383 e. The summed E-state index contributed by atoms with van der Waals surface area (Å²) in [5.41, 5.74) is 1.23. The van der Waals surface area contributed by atoms with Gasteiger partial charge >= 0.3 is 0 Å². The third kappa shape index (κ3) is 6.37. The van der Waals surface area contributed by atoms with E-state index in [9.17, 15) is 4.79 Å². The molecule has 0 saturated heterocycles. The van der Waals surface area contributed by atoms with Crippen molar-refractivity contribution in [1.29, 1.82) is 0 Å². The number of amides is 1. The van der Waals surface area contributed by atoms with Gasteiger partial charge in [0.05, 0.1) is 13.2 Å². The second-order valence-electron chi connectivity index (χ2n) is 4.32. The van der Waals surface area contributed by atoms with Crippen molar-refractivity contribution >= 4 is 5.91 Å². The van der Waals surface area contributed by atoms with Crippen molar-refractivity contribution in [2.45, 2.75) is 19.4 Å². The molecule has 1 aromatic rings. The summed E-state index contributed by atoms with van der Waals surface area (Å²) in [5.74, 6) is 0.0221. The van der Waals surface area contributed by atoms with Gasteiger partial charge in [-0.1, -0.05) is 30.3 Å². The van der Waals surface area contributed by atoms with Crippen LogP contribution in [-0.2, 0) is 16.0 Å². The Balaban J connectivity index is 2.10. The number of rotatable bonds is 8. The molecule has 0 radical (unpaired) electrons. The molecule has 0 bridgehead atoms. The van der Waals surface area contributed by atoms with E-state index in [4.69, 9.17) is 4.74 Å². The summed E-state index contributed by atoms with van der Waals surface area (Å²) in [6.45, 7) is 3.60. The molecule has 4 heteroatoms. The van der Waals surface area contributed by atoms with E-state index < -0.39 is 0 Å². The zero-order valence-electron chi connectivity index (χ0n) is 11.1. The Kier molecular flexibility index (Phi) is 7.06. The van der Waals surface area contributed by atoms with Crippen molar-refractivity contribution < 1.29 is 9.53 Å². The highest BCUT2D eigenvalue weighted by Gasteiger charge is 2.04. The normalized spacial score (nSPS) is 12.1. The molecule has 0 aromatic heterocycles. The van der Waals surface area contributed by atoms with Gasteiger partial charge in [-0.3, -0.25) is 4.79 Å². The number of nitrogens with one attached hydrogen (secondary N) is 2. The van der Waals surface area contributed by atoms with Gasteiger partial charge in [-0.2, -0.15) is 0 Å². The number of carbonyl (C=O) groups excluding carboxylic acids is 1. The van der Waals surface area contributed by atoms with Gasteiger partial charge in [0.25, 0.3) is 0 Å². The third-order valence-corrected chi connectivity index (χ3v) is 2.61. The quantitative estimate of drug-likeness (QED) is 0.723. The van der Waals surface area contributed by atoms with Crippen LogP contribution < -0.4 is 10.6 Å². The number of carbonyl (C=O) groups is 1. The number of hydrogen-bond acceptors (Lipinski definition) is 3. The van der Waals surface area contributed by atoms with Crippen LogP contribution >= 0.6 is 0 Å². The van der Waals surface area contributed by atoms with Crippen molar-refractivity contribution in [3.63, 3.8) is 0 Å². The fourth-order valence-electron chi connectivity index (χ4n) is 1.63. The number of methoxy groups -OCH3 is 1. The van der Waals surface area contributed by atoms with Gasteiger partial charge in [-0.25, -0.2) is 0 Å². The van der Waals surface area contributed by atoms with Crippen LogP contribution in [-0.4, -0.2) is 38.8 Å². The Morgan fingerprint density at radius 2 is 2.06 bits per heavy atom. The lowest BCUT2D eigenvalue weighted by Crippen LogP contribution is -2.40. The highest BCUT2D eigenvalue weighted by atomic mass is 16.5. The summed E-state index contributed by atoms with van der Waals surface area (Å²) >= 11 is 0. The molecule has 4 nitrogen and oxygen atoms in total. The van der Waals surface area contributed by atoms with Gasteiger partial charge < -0.3 is 15.4 Å². The predicted octanol–water partition coefficient (Wildman–Crippen LogP) is 0.970. The summed E-state index contributed by atoms with van der Waals surface area (Å²) in [5, 5.41) is 5.98. The van der Waals surface area contributed by atoms with Crippen LogP contribution in [0.3, 0.4) is 0 Å². The van der Waals surface area contributed by atoms with E-state index in [1.54, 1.807) is 7.11 Å². The molecule has 0 saturated carbocycles. The molecular weight excluding hydrogens is 228 g/mol. The highest BCUT2D eigenvalue weighted by Crippen LogP contribution is 1.97.